The minimum atomic E-state index is -0.0405. The number of hydrogen-bond donors (Lipinski definition) is 3. The molecule has 7 nitrogen and oxygen atoms in total. The normalized spacial score (nSPS) is 11.1. The predicted molar refractivity (Wildman–Crippen MR) is 100 cm³/mol. The van der Waals surface area contributed by atoms with E-state index in [0.717, 1.165) is 23.4 Å². The minimum absolute atomic E-state index is 0.0405. The minimum Gasteiger partial charge on any atom is -0.491 e. The highest BCUT2D eigenvalue weighted by molar-refractivity contribution is 5.80. The van der Waals surface area contributed by atoms with Gasteiger partial charge in [-0.1, -0.05) is 12.1 Å². The standard InChI is InChI=1S/C18H30N4O3/c1-5-19-18(21-9-8-20-15(3)23)22-13-16-7-6-14(2)12-17(16)25-11-10-24-4/h6-7,12H,5,8-11,13H2,1-4H3,(H,20,23)(H2,19,21,22). The van der Waals surface area contributed by atoms with E-state index in [1.54, 1.807) is 7.11 Å². The van der Waals surface area contributed by atoms with Crippen LogP contribution in [-0.4, -0.2) is 51.8 Å². The van der Waals surface area contributed by atoms with Gasteiger partial charge in [-0.2, -0.15) is 0 Å². The molecule has 25 heavy (non-hydrogen) atoms. The van der Waals surface area contributed by atoms with E-state index >= 15 is 0 Å². The number of aliphatic imine (C=N–C) groups is 1. The summed E-state index contributed by atoms with van der Waals surface area (Å²) in [5, 5.41) is 9.13. The van der Waals surface area contributed by atoms with Crippen LogP contribution < -0.4 is 20.7 Å². The van der Waals surface area contributed by atoms with Gasteiger partial charge in [0.2, 0.25) is 5.91 Å². The molecule has 1 aromatic carbocycles. The average molecular weight is 350 g/mol. The van der Waals surface area contributed by atoms with Crippen molar-refractivity contribution in [2.45, 2.75) is 27.3 Å². The highest BCUT2D eigenvalue weighted by atomic mass is 16.5. The van der Waals surface area contributed by atoms with Crippen molar-refractivity contribution >= 4 is 11.9 Å². The van der Waals surface area contributed by atoms with Gasteiger partial charge in [-0.05, 0) is 25.5 Å². The molecule has 0 unspecified atom stereocenters. The fourth-order valence-electron chi connectivity index (χ4n) is 2.09. The lowest BCUT2D eigenvalue weighted by molar-refractivity contribution is -0.118. The number of nitrogens with zero attached hydrogens (tertiary/aromatic N) is 1. The number of amides is 1. The van der Waals surface area contributed by atoms with E-state index in [1.807, 2.05) is 32.0 Å². The topological polar surface area (TPSA) is 84.0 Å². The van der Waals surface area contributed by atoms with E-state index in [-0.39, 0.29) is 5.91 Å². The molecule has 140 valence electrons. The van der Waals surface area contributed by atoms with Gasteiger partial charge in [0.1, 0.15) is 12.4 Å². The van der Waals surface area contributed by atoms with Gasteiger partial charge in [-0.3, -0.25) is 4.79 Å². The summed E-state index contributed by atoms with van der Waals surface area (Å²) in [7, 11) is 1.65. The first-order valence-corrected chi connectivity index (χ1v) is 8.54. The number of carbonyl (C=O) groups excluding carboxylic acids is 1. The van der Waals surface area contributed by atoms with Gasteiger partial charge < -0.3 is 25.4 Å². The lowest BCUT2D eigenvalue weighted by Gasteiger charge is -2.13. The Morgan fingerprint density at radius 2 is 1.92 bits per heavy atom. The van der Waals surface area contributed by atoms with Crippen molar-refractivity contribution in [2.24, 2.45) is 4.99 Å². The summed E-state index contributed by atoms with van der Waals surface area (Å²) < 4.78 is 10.8. The summed E-state index contributed by atoms with van der Waals surface area (Å²) in [4.78, 5) is 15.5. The second-order valence-corrected chi connectivity index (χ2v) is 5.56. The summed E-state index contributed by atoms with van der Waals surface area (Å²) in [5.41, 5.74) is 2.15. The maximum absolute atomic E-state index is 10.9. The maximum atomic E-state index is 10.9. The first-order chi connectivity index (χ1) is 12.1. The fourth-order valence-corrected chi connectivity index (χ4v) is 2.09. The van der Waals surface area contributed by atoms with Gasteiger partial charge in [0.15, 0.2) is 5.96 Å². The molecule has 0 saturated heterocycles. The van der Waals surface area contributed by atoms with Gasteiger partial charge in [-0.25, -0.2) is 4.99 Å². The van der Waals surface area contributed by atoms with Crippen LogP contribution in [0.2, 0.25) is 0 Å². The molecular weight excluding hydrogens is 320 g/mol. The van der Waals surface area contributed by atoms with Gasteiger partial charge in [0, 0.05) is 39.2 Å². The Hall–Kier alpha value is -2.28. The molecule has 1 aromatic rings. The molecule has 0 aliphatic heterocycles. The van der Waals surface area contributed by atoms with E-state index in [4.69, 9.17) is 9.47 Å². The molecule has 0 spiro atoms. The second-order valence-electron chi connectivity index (χ2n) is 5.56. The summed E-state index contributed by atoms with van der Waals surface area (Å²) in [6, 6.07) is 6.09. The van der Waals surface area contributed by atoms with Crippen LogP contribution in [0, 0.1) is 6.92 Å². The van der Waals surface area contributed by atoms with E-state index in [0.29, 0.717) is 38.8 Å². The molecule has 1 amide bonds. The fraction of sp³-hybridized carbons (Fsp3) is 0.556. The number of methoxy groups -OCH3 is 1. The Morgan fingerprint density at radius 1 is 1.16 bits per heavy atom. The van der Waals surface area contributed by atoms with Crippen molar-refractivity contribution in [3.8, 4) is 5.75 Å². The predicted octanol–water partition coefficient (Wildman–Crippen LogP) is 1.21. The van der Waals surface area contributed by atoms with E-state index in [9.17, 15) is 4.79 Å². The van der Waals surface area contributed by atoms with Crippen LogP contribution in [-0.2, 0) is 16.1 Å². The van der Waals surface area contributed by atoms with E-state index in [2.05, 4.69) is 20.9 Å². The largest absolute Gasteiger partial charge is 0.491 e. The zero-order valence-corrected chi connectivity index (χ0v) is 15.6. The van der Waals surface area contributed by atoms with Crippen LogP contribution in [0.5, 0.6) is 5.75 Å². The molecule has 7 heteroatoms. The van der Waals surface area contributed by atoms with Gasteiger partial charge in [-0.15, -0.1) is 0 Å². The van der Waals surface area contributed by atoms with Crippen molar-refractivity contribution in [1.82, 2.24) is 16.0 Å². The first kappa shape index (κ1) is 20.8. The zero-order valence-electron chi connectivity index (χ0n) is 15.6. The summed E-state index contributed by atoms with van der Waals surface area (Å²) in [6.07, 6.45) is 0. The lowest BCUT2D eigenvalue weighted by Crippen LogP contribution is -2.41. The summed E-state index contributed by atoms with van der Waals surface area (Å²) in [6.45, 7) is 9.01. The van der Waals surface area contributed by atoms with Crippen LogP contribution in [0.4, 0.5) is 0 Å². The highest BCUT2D eigenvalue weighted by Gasteiger charge is 2.05. The molecule has 0 radical (unpaired) electrons. The first-order valence-electron chi connectivity index (χ1n) is 8.54. The number of guanidine groups is 1. The maximum Gasteiger partial charge on any atom is 0.216 e. The molecule has 0 fully saturated rings. The van der Waals surface area contributed by atoms with E-state index < -0.39 is 0 Å². The third-order valence-corrected chi connectivity index (χ3v) is 3.31. The molecule has 0 aliphatic carbocycles. The Kier molecular flexibility index (Phi) is 10.1. The second kappa shape index (κ2) is 12.1. The third kappa shape index (κ3) is 8.95. The van der Waals surface area contributed by atoms with Crippen LogP contribution in [0.3, 0.4) is 0 Å². The number of nitrogens with one attached hydrogen (secondary N) is 3. The third-order valence-electron chi connectivity index (χ3n) is 3.31. The smallest absolute Gasteiger partial charge is 0.216 e. The molecule has 0 bridgehead atoms. The van der Waals surface area contributed by atoms with Crippen molar-refractivity contribution in [3.63, 3.8) is 0 Å². The molecular formula is C18H30N4O3. The highest BCUT2D eigenvalue weighted by Crippen LogP contribution is 2.21. The van der Waals surface area contributed by atoms with Crippen molar-refractivity contribution in [2.75, 3.05) is 40.0 Å². The van der Waals surface area contributed by atoms with Crippen molar-refractivity contribution in [1.29, 1.82) is 0 Å². The van der Waals surface area contributed by atoms with Gasteiger partial charge >= 0.3 is 0 Å². The summed E-state index contributed by atoms with van der Waals surface area (Å²) in [5.74, 6) is 1.49. The molecule has 0 heterocycles. The molecule has 3 N–H and O–H groups in total. The molecule has 0 atom stereocenters. The Bertz CT molecular complexity index is 561. The van der Waals surface area contributed by atoms with Crippen LogP contribution in [0.15, 0.2) is 23.2 Å². The molecule has 0 aliphatic rings. The quantitative estimate of drug-likeness (QED) is 0.336. The molecule has 0 aromatic heterocycles. The summed E-state index contributed by atoms with van der Waals surface area (Å²) >= 11 is 0. The van der Waals surface area contributed by atoms with Crippen LogP contribution in [0.1, 0.15) is 25.0 Å². The van der Waals surface area contributed by atoms with Gasteiger partial charge in [0.25, 0.3) is 0 Å². The van der Waals surface area contributed by atoms with Crippen LogP contribution in [0.25, 0.3) is 0 Å². The Balaban J connectivity index is 2.68. The monoisotopic (exact) mass is 350 g/mol. The number of carbonyl (C=O) groups is 1. The van der Waals surface area contributed by atoms with Crippen molar-refractivity contribution in [3.05, 3.63) is 29.3 Å². The number of ether oxygens (including phenoxy) is 2. The molecule has 0 saturated carbocycles. The molecule has 1 rings (SSSR count). The number of aryl methyl sites for hydroxylation is 1. The lowest BCUT2D eigenvalue weighted by atomic mass is 10.1. The Labute approximate surface area is 150 Å². The average Bonchev–Trinajstić information content (AvgIpc) is 2.57. The van der Waals surface area contributed by atoms with E-state index in [1.165, 1.54) is 6.92 Å². The van der Waals surface area contributed by atoms with Crippen molar-refractivity contribution < 1.29 is 14.3 Å². The van der Waals surface area contributed by atoms with Gasteiger partial charge in [0.05, 0.1) is 13.2 Å². The Morgan fingerprint density at radius 3 is 2.60 bits per heavy atom. The van der Waals surface area contributed by atoms with Crippen LogP contribution >= 0.6 is 0 Å². The zero-order chi connectivity index (χ0) is 18.5. The number of rotatable bonds is 10. The number of hydrogen-bond acceptors (Lipinski definition) is 4. The number of benzene rings is 1. The SMILES string of the molecule is CCNC(=NCc1ccc(C)cc1OCCOC)NCCNC(C)=O.